The summed E-state index contributed by atoms with van der Waals surface area (Å²) < 4.78 is 0. The molecule has 0 aromatic carbocycles. The summed E-state index contributed by atoms with van der Waals surface area (Å²) in [7, 11) is 0. The minimum absolute atomic E-state index is 0. The fraction of sp³-hybridized carbons (Fsp3) is 0. The van der Waals surface area contributed by atoms with E-state index in [1.165, 1.54) is 0 Å². The second kappa shape index (κ2) is 26.5. The van der Waals surface area contributed by atoms with E-state index in [-0.39, 0.29) is 64.2 Å². The van der Waals surface area contributed by atoms with E-state index in [9.17, 15) is 0 Å². The molecule has 0 heterocycles. The predicted molar refractivity (Wildman–Crippen MR) is 22.8 cm³/mol. The maximum Gasteiger partial charge on any atom is 0 e. The van der Waals surface area contributed by atoms with Gasteiger partial charge in [-0.1, -0.05) is 0 Å². The van der Waals surface area contributed by atoms with E-state index in [0.29, 0.717) is 0 Å². The average Bonchev–Trinajstić information content (AvgIpc) is 1.00. The van der Waals surface area contributed by atoms with Crippen molar-refractivity contribution in [2.45, 2.75) is 0 Å². The number of hydrogen-bond donors (Lipinski definition) is 0. The molecule has 2 radical (unpaired) electrons. The zero-order chi connectivity index (χ0) is 2.00. The Morgan fingerprint density at radius 2 is 1.20 bits per heavy atom. The van der Waals surface area contributed by atoms with Gasteiger partial charge in [0.2, 0.25) is 0 Å². The molecule has 0 aromatic heterocycles. The van der Waals surface area contributed by atoms with Crippen LogP contribution in [0.2, 0.25) is 0 Å². The van der Waals surface area contributed by atoms with Gasteiger partial charge in [0.25, 0.3) is 0 Å². The largest absolute Gasteiger partial charge is 0 e. The van der Waals surface area contributed by atoms with Crippen molar-refractivity contribution in [3.05, 3.63) is 0 Å². The third-order valence-electron chi connectivity index (χ3n) is 0. The number of hydrogen-bond acceptors (Lipinski definition) is 0. The van der Waals surface area contributed by atoms with Crippen molar-refractivity contribution in [3.63, 3.8) is 0 Å². The Hall–Kier alpha value is 3.34. The molecule has 0 saturated heterocycles. The smallest absolute Gasteiger partial charge is 0 e. The molecule has 0 fully saturated rings. The quantitative estimate of drug-likeness (QED) is 0.271. The van der Waals surface area contributed by atoms with Gasteiger partial charge in [0.15, 0.2) is 0 Å². The van der Waals surface area contributed by atoms with Gasteiger partial charge in [-0.2, -0.15) is 0 Å². The summed E-state index contributed by atoms with van der Waals surface area (Å²) in [4.78, 5) is 0. The summed E-state index contributed by atoms with van der Waals surface area (Å²) in [6, 6.07) is 0. The second-order valence-electron chi connectivity index (χ2n) is 0. The van der Waals surface area contributed by atoms with Crippen molar-refractivity contribution in [1.82, 2.24) is 0 Å². The van der Waals surface area contributed by atoms with Gasteiger partial charge in [0.05, 0.1) is 0 Å². The molecule has 0 rings (SSSR count). The number of rotatable bonds is 0. The molecule has 0 N–H and O–H groups in total. The second-order valence-corrected chi connectivity index (χ2v) is 0. The molecule has 0 spiro atoms. The van der Waals surface area contributed by atoms with Crippen LogP contribution in [0.15, 0.2) is 0 Å². The van der Waals surface area contributed by atoms with Crippen LogP contribution in [-0.2, 0) is 36.0 Å². The first-order valence-electron chi connectivity index (χ1n) is 0.135. The summed E-state index contributed by atoms with van der Waals surface area (Å²) in [6.07, 6.45) is 0. The first kappa shape index (κ1) is 23.9. The van der Waals surface area contributed by atoms with Gasteiger partial charge < -0.3 is 0 Å². The summed E-state index contributed by atoms with van der Waals surface area (Å²) in [6.45, 7) is 0. The van der Waals surface area contributed by atoms with Crippen LogP contribution in [-0.4, -0.2) is 60.2 Å². The molecule has 0 amide bonds. The molecule has 0 atom stereocenters. The van der Waals surface area contributed by atoms with Gasteiger partial charge in [0.1, 0.15) is 0 Å². The summed E-state index contributed by atoms with van der Waals surface area (Å²) in [5.41, 5.74) is 0. The molecule has 0 nitrogen and oxygen atoms in total. The Morgan fingerprint density at radius 1 is 1.20 bits per heavy atom. The minimum Gasteiger partial charge on any atom is 0 e. The zero-order valence-electron chi connectivity index (χ0n) is 1.63. The third kappa shape index (κ3) is 18.8. The first-order chi connectivity index (χ1) is 1.00. The van der Waals surface area contributed by atoms with Gasteiger partial charge in [-0.3, -0.25) is 0 Å². The SMILES string of the molecule is [Cu].[GaH3].[SeH][Au].[Tl]. The normalized spacial score (nSPS) is 1.40. The van der Waals surface area contributed by atoms with Crippen LogP contribution < -0.4 is 0 Å². The molecule has 5 heteroatoms. The van der Waals surface area contributed by atoms with Crippen molar-refractivity contribution in [2.75, 3.05) is 0 Å². The average molecular weight is 618 g/mol. The van der Waals surface area contributed by atoms with Crippen LogP contribution >= 0.6 is 0 Å². The molecule has 0 unspecified atom stereocenters. The Bertz CT molecular complexity index is 11.6. The van der Waals surface area contributed by atoms with Gasteiger partial charge in [0, 0.05) is 44.4 Å². The van der Waals surface area contributed by atoms with Crippen LogP contribution in [0.4, 0.5) is 0 Å². The van der Waals surface area contributed by atoms with E-state index in [1.807, 2.05) is 0 Å². The Kier molecular flexibility index (Phi) is 126. The van der Waals surface area contributed by atoms with Gasteiger partial charge in [-0.25, -0.2) is 0 Å². The minimum atomic E-state index is 0. The molecule has 0 bridgehead atoms. The Balaban J connectivity index is -0.00000000167. The molecule has 0 aromatic rings. The molecule has 0 aliphatic heterocycles. The van der Waals surface area contributed by atoms with Crippen molar-refractivity contribution < 1.29 is 36.0 Å². The van der Waals surface area contributed by atoms with Crippen LogP contribution in [0.5, 0.6) is 0 Å². The molecule has 5 heavy (non-hydrogen) atoms. The first-order valence-corrected chi connectivity index (χ1v) is 5.74. The van der Waals surface area contributed by atoms with Crippen LogP contribution in [0.3, 0.4) is 0 Å². The van der Waals surface area contributed by atoms with Crippen molar-refractivity contribution in [2.24, 2.45) is 0 Å². The third-order valence-corrected chi connectivity index (χ3v) is 0. The molecule has 0 aliphatic carbocycles. The van der Waals surface area contributed by atoms with Gasteiger partial charge in [-0.15, -0.1) is 0 Å². The molecular formula is H4AuCuGaSeTl. The van der Waals surface area contributed by atoms with E-state index in [4.69, 9.17) is 0 Å². The van der Waals surface area contributed by atoms with E-state index in [0.717, 1.165) is 0 Å². The van der Waals surface area contributed by atoms with E-state index in [2.05, 4.69) is 32.0 Å². The molecule has 0 saturated carbocycles. The maximum absolute atomic E-state index is 2.26. The summed E-state index contributed by atoms with van der Waals surface area (Å²) in [5.74, 6) is 0. The maximum atomic E-state index is 2.26. The van der Waals surface area contributed by atoms with Crippen molar-refractivity contribution in [1.29, 1.82) is 0 Å². The fourth-order valence-electron chi connectivity index (χ4n) is 0. The molecule has 38 valence electrons. The fourth-order valence-corrected chi connectivity index (χ4v) is 0. The molecular weight excluding hydrogens is 614 g/mol. The predicted octanol–water partition coefficient (Wildman–Crippen LogP) is -2.22. The monoisotopic (exact) mass is 618 g/mol. The van der Waals surface area contributed by atoms with Gasteiger partial charge >= 0.3 is 51.8 Å². The topological polar surface area (TPSA) is 0 Å². The van der Waals surface area contributed by atoms with Crippen LogP contribution in [0.1, 0.15) is 0 Å². The summed E-state index contributed by atoms with van der Waals surface area (Å²) in [5, 5.41) is 0. The van der Waals surface area contributed by atoms with Crippen molar-refractivity contribution >= 4 is 60.2 Å². The van der Waals surface area contributed by atoms with E-state index < -0.39 is 0 Å². The zero-order valence-corrected chi connectivity index (χ0v) is 11.1. The summed E-state index contributed by atoms with van der Waals surface area (Å²) >= 11 is 4.47. The van der Waals surface area contributed by atoms with Crippen molar-refractivity contribution in [3.8, 4) is 0 Å². The van der Waals surface area contributed by atoms with E-state index in [1.54, 1.807) is 0 Å². The van der Waals surface area contributed by atoms with Gasteiger partial charge in [-0.05, 0) is 0 Å². The van der Waals surface area contributed by atoms with E-state index >= 15 is 0 Å². The Labute approximate surface area is 94.2 Å². The molecule has 0 aliphatic rings. The standard InChI is InChI=1S/Au.Cu.Ga.H2Se.Tl.3H/h;;;1H2;;;;/q+1;;;;;;;/p-1. The Morgan fingerprint density at radius 3 is 1.20 bits per heavy atom. The van der Waals surface area contributed by atoms with Crippen LogP contribution in [0, 0.1) is 0 Å². The van der Waals surface area contributed by atoms with Crippen LogP contribution in [0.25, 0.3) is 0 Å².